The minimum atomic E-state index is -0.410. The molecule has 2 aliphatic rings. The summed E-state index contributed by atoms with van der Waals surface area (Å²) in [5, 5.41) is 12.7. The number of nitrogens with zero attached hydrogens (tertiary/aromatic N) is 1. The number of amides is 2. The zero-order chi connectivity index (χ0) is 13.0. The second-order valence-corrected chi connectivity index (χ2v) is 5.92. The molecular formula is C12H20N2O3S. The molecule has 2 N–H and O–H groups in total. The third-order valence-electron chi connectivity index (χ3n) is 3.53. The Morgan fingerprint density at radius 1 is 1.44 bits per heavy atom. The Balaban J connectivity index is 1.69. The van der Waals surface area contributed by atoms with E-state index in [0.717, 1.165) is 38.0 Å². The normalized spacial score (nSPS) is 28.5. The van der Waals surface area contributed by atoms with Crippen molar-refractivity contribution in [3.63, 3.8) is 0 Å². The summed E-state index contributed by atoms with van der Waals surface area (Å²) in [5.41, 5.74) is 0. The molecule has 0 unspecified atom stereocenters. The van der Waals surface area contributed by atoms with E-state index in [-0.39, 0.29) is 17.2 Å². The first-order valence-electron chi connectivity index (χ1n) is 6.56. The molecule has 1 aliphatic carbocycles. The fourth-order valence-corrected chi connectivity index (χ4v) is 3.28. The molecular weight excluding hydrogens is 252 g/mol. The van der Waals surface area contributed by atoms with E-state index >= 15 is 0 Å². The molecule has 5 nitrogen and oxygen atoms in total. The van der Waals surface area contributed by atoms with Gasteiger partial charge in [-0.2, -0.15) is 0 Å². The van der Waals surface area contributed by atoms with Crippen LogP contribution in [0.1, 0.15) is 32.1 Å². The average Bonchev–Trinajstić information content (AvgIpc) is 2.75. The molecule has 0 aromatic rings. The summed E-state index contributed by atoms with van der Waals surface area (Å²) in [6.07, 6.45) is 3.63. The second kappa shape index (κ2) is 6.43. The summed E-state index contributed by atoms with van der Waals surface area (Å²) in [5.74, 6) is 0.757. The Labute approximate surface area is 111 Å². The van der Waals surface area contributed by atoms with Gasteiger partial charge in [0.2, 0.25) is 5.91 Å². The van der Waals surface area contributed by atoms with Gasteiger partial charge in [0, 0.05) is 25.3 Å². The molecule has 2 rings (SSSR count). The third kappa shape index (κ3) is 3.62. The van der Waals surface area contributed by atoms with Gasteiger partial charge < -0.3 is 15.3 Å². The van der Waals surface area contributed by atoms with Gasteiger partial charge in [-0.15, -0.1) is 0 Å². The molecule has 1 saturated heterocycles. The number of aliphatic hydroxyl groups is 1. The van der Waals surface area contributed by atoms with Crippen molar-refractivity contribution in [1.29, 1.82) is 0 Å². The van der Waals surface area contributed by atoms with E-state index in [4.69, 9.17) is 0 Å². The number of hydrogen-bond acceptors (Lipinski definition) is 4. The lowest BCUT2D eigenvalue weighted by Crippen LogP contribution is -2.45. The topological polar surface area (TPSA) is 69.6 Å². The largest absolute Gasteiger partial charge is 0.391 e. The Bertz CT molecular complexity index is 324. The molecule has 102 valence electrons. The Morgan fingerprint density at radius 3 is 2.89 bits per heavy atom. The predicted molar refractivity (Wildman–Crippen MR) is 70.4 cm³/mol. The van der Waals surface area contributed by atoms with E-state index in [1.165, 1.54) is 11.8 Å². The number of aliphatic hydroxyl groups excluding tert-OH is 1. The lowest BCUT2D eigenvalue weighted by Gasteiger charge is -2.28. The van der Waals surface area contributed by atoms with Gasteiger partial charge in [-0.1, -0.05) is 24.6 Å². The first-order chi connectivity index (χ1) is 8.66. The van der Waals surface area contributed by atoms with Crippen LogP contribution >= 0.6 is 11.8 Å². The minimum absolute atomic E-state index is 0.0642. The van der Waals surface area contributed by atoms with E-state index in [1.807, 2.05) is 0 Å². The molecule has 2 fully saturated rings. The first-order valence-corrected chi connectivity index (χ1v) is 7.54. The van der Waals surface area contributed by atoms with Crippen molar-refractivity contribution >= 4 is 22.9 Å². The van der Waals surface area contributed by atoms with E-state index in [9.17, 15) is 14.7 Å². The van der Waals surface area contributed by atoms with Crippen molar-refractivity contribution in [2.24, 2.45) is 0 Å². The molecule has 0 aromatic carbocycles. The van der Waals surface area contributed by atoms with Crippen LogP contribution in [0.3, 0.4) is 0 Å². The molecule has 0 aromatic heterocycles. The molecule has 6 heteroatoms. The number of thioether (sulfide) groups is 1. The quantitative estimate of drug-likeness (QED) is 0.800. The fraction of sp³-hybridized carbons (Fsp3) is 0.833. The molecule has 2 atom stereocenters. The van der Waals surface area contributed by atoms with Crippen LogP contribution in [0.5, 0.6) is 0 Å². The highest BCUT2D eigenvalue weighted by Crippen LogP contribution is 2.19. The van der Waals surface area contributed by atoms with E-state index in [0.29, 0.717) is 13.0 Å². The Kier molecular flexibility index (Phi) is 4.88. The maximum absolute atomic E-state index is 11.8. The Morgan fingerprint density at radius 2 is 2.22 bits per heavy atom. The van der Waals surface area contributed by atoms with Crippen molar-refractivity contribution in [1.82, 2.24) is 10.2 Å². The molecule has 1 aliphatic heterocycles. The molecule has 1 heterocycles. The highest BCUT2D eigenvalue weighted by atomic mass is 32.2. The van der Waals surface area contributed by atoms with Crippen molar-refractivity contribution in [3.8, 4) is 0 Å². The third-order valence-corrected chi connectivity index (χ3v) is 4.42. The Hall–Kier alpha value is -0.750. The highest BCUT2D eigenvalue weighted by molar-refractivity contribution is 8.13. The second-order valence-electron chi connectivity index (χ2n) is 4.88. The summed E-state index contributed by atoms with van der Waals surface area (Å²) in [4.78, 5) is 24.8. The fourth-order valence-electron chi connectivity index (χ4n) is 2.42. The lowest BCUT2D eigenvalue weighted by molar-refractivity contribution is -0.123. The minimum Gasteiger partial charge on any atom is -0.391 e. The molecule has 2 amide bonds. The van der Waals surface area contributed by atoms with E-state index < -0.39 is 6.10 Å². The zero-order valence-electron chi connectivity index (χ0n) is 10.4. The number of carbonyl (C=O) groups excluding carboxylic acids is 2. The summed E-state index contributed by atoms with van der Waals surface area (Å²) >= 11 is 1.31. The van der Waals surface area contributed by atoms with Gasteiger partial charge in [-0.3, -0.25) is 9.59 Å². The number of hydrogen-bond donors (Lipinski definition) is 2. The van der Waals surface area contributed by atoms with Crippen LogP contribution in [0.15, 0.2) is 0 Å². The van der Waals surface area contributed by atoms with Gasteiger partial charge in [0.1, 0.15) is 0 Å². The van der Waals surface area contributed by atoms with Gasteiger partial charge in [0.25, 0.3) is 5.24 Å². The summed E-state index contributed by atoms with van der Waals surface area (Å²) < 4.78 is 0. The summed E-state index contributed by atoms with van der Waals surface area (Å²) in [6.45, 7) is 1.23. The van der Waals surface area contributed by atoms with Crippen molar-refractivity contribution in [2.75, 3.05) is 18.8 Å². The van der Waals surface area contributed by atoms with Crippen molar-refractivity contribution in [3.05, 3.63) is 0 Å². The zero-order valence-corrected chi connectivity index (χ0v) is 11.2. The number of carbonyl (C=O) groups is 2. The molecule has 1 saturated carbocycles. The number of rotatable bonds is 4. The summed E-state index contributed by atoms with van der Waals surface area (Å²) in [6, 6.07) is -0.102. The van der Waals surface area contributed by atoms with E-state index in [1.54, 1.807) is 4.90 Å². The molecule has 0 radical (unpaired) electrons. The van der Waals surface area contributed by atoms with E-state index in [2.05, 4.69) is 5.32 Å². The summed E-state index contributed by atoms with van der Waals surface area (Å²) in [7, 11) is 0. The smallest absolute Gasteiger partial charge is 0.281 e. The van der Waals surface area contributed by atoms with Gasteiger partial charge >= 0.3 is 0 Å². The first kappa shape index (κ1) is 13.7. The van der Waals surface area contributed by atoms with Gasteiger partial charge in [-0.25, -0.2) is 0 Å². The van der Waals surface area contributed by atoms with Crippen LogP contribution in [0, 0.1) is 0 Å². The molecule has 0 bridgehead atoms. The monoisotopic (exact) mass is 272 g/mol. The standard InChI is InChI=1S/C12H20N2O3S/c15-10-4-2-1-3-9(10)13-11(16)5-6-14-7-8-18-12(14)17/h9-10,15H,1-8H2,(H,13,16)/t9-,10-/m0/s1. The number of nitrogens with one attached hydrogen (secondary N) is 1. The predicted octanol–water partition coefficient (Wildman–Crippen LogP) is 0.965. The SMILES string of the molecule is O=C(CCN1CCSC1=O)N[C@H]1CCCC[C@@H]1O. The van der Waals surface area contributed by atoms with Crippen molar-refractivity contribution < 1.29 is 14.7 Å². The lowest BCUT2D eigenvalue weighted by atomic mass is 9.92. The van der Waals surface area contributed by atoms with Crippen LogP contribution in [-0.2, 0) is 4.79 Å². The van der Waals surface area contributed by atoms with Crippen LogP contribution in [0.4, 0.5) is 4.79 Å². The van der Waals surface area contributed by atoms with Crippen LogP contribution in [0.2, 0.25) is 0 Å². The highest BCUT2D eigenvalue weighted by Gasteiger charge is 2.25. The van der Waals surface area contributed by atoms with Gasteiger partial charge in [0.05, 0.1) is 12.1 Å². The molecule has 18 heavy (non-hydrogen) atoms. The van der Waals surface area contributed by atoms with Gasteiger partial charge in [0.15, 0.2) is 0 Å². The van der Waals surface area contributed by atoms with Crippen LogP contribution < -0.4 is 5.32 Å². The van der Waals surface area contributed by atoms with Crippen LogP contribution in [-0.4, -0.2) is 52.1 Å². The van der Waals surface area contributed by atoms with Crippen LogP contribution in [0.25, 0.3) is 0 Å². The maximum atomic E-state index is 11.8. The van der Waals surface area contributed by atoms with Gasteiger partial charge in [-0.05, 0) is 12.8 Å². The maximum Gasteiger partial charge on any atom is 0.281 e. The average molecular weight is 272 g/mol. The molecule has 0 spiro atoms. The van der Waals surface area contributed by atoms with Crippen molar-refractivity contribution in [2.45, 2.75) is 44.2 Å².